The smallest absolute Gasteiger partial charge is 0.257 e. The van der Waals surface area contributed by atoms with Gasteiger partial charge in [-0.25, -0.2) is 13.4 Å². The van der Waals surface area contributed by atoms with Crippen LogP contribution in [0, 0.1) is 0 Å². The number of thiazole rings is 1. The topological polar surface area (TPSA) is 101 Å². The average Bonchev–Trinajstić information content (AvgIpc) is 3.09. The molecule has 4 rings (SSSR count). The van der Waals surface area contributed by atoms with Crippen molar-refractivity contribution < 1.29 is 17.9 Å². The molecular formula is C20H22N4O4S2. The van der Waals surface area contributed by atoms with Gasteiger partial charge < -0.3 is 4.74 Å². The predicted molar refractivity (Wildman–Crippen MR) is 119 cm³/mol. The number of nitrogens with zero attached hydrogens (tertiary/aromatic N) is 2. The number of hydrogen-bond acceptors (Lipinski definition) is 7. The van der Waals surface area contributed by atoms with Crippen LogP contribution in [-0.4, -0.2) is 56.8 Å². The van der Waals surface area contributed by atoms with Crippen molar-refractivity contribution >= 4 is 48.3 Å². The molecule has 1 aliphatic rings. The van der Waals surface area contributed by atoms with Gasteiger partial charge in [0.1, 0.15) is 0 Å². The molecule has 2 aromatic carbocycles. The van der Waals surface area contributed by atoms with Crippen molar-refractivity contribution in [2.45, 2.75) is 6.54 Å². The quantitative estimate of drug-likeness (QED) is 0.604. The van der Waals surface area contributed by atoms with Crippen LogP contribution in [0.5, 0.6) is 0 Å². The first-order valence-corrected chi connectivity index (χ1v) is 12.2. The molecule has 1 amide bonds. The molecule has 158 valence electrons. The zero-order valence-electron chi connectivity index (χ0n) is 16.4. The van der Waals surface area contributed by atoms with E-state index >= 15 is 0 Å². The number of ether oxygens (including phenoxy) is 1. The summed E-state index contributed by atoms with van der Waals surface area (Å²) in [6.07, 6.45) is 1.08. The number of fused-ring (bicyclic) bond motifs is 1. The summed E-state index contributed by atoms with van der Waals surface area (Å²) in [4.78, 5) is 19.4. The molecule has 1 fully saturated rings. The van der Waals surface area contributed by atoms with Crippen molar-refractivity contribution in [1.29, 1.82) is 0 Å². The number of benzene rings is 2. The highest BCUT2D eigenvalue weighted by atomic mass is 32.2. The van der Waals surface area contributed by atoms with Gasteiger partial charge in [-0.3, -0.25) is 19.7 Å². The van der Waals surface area contributed by atoms with Gasteiger partial charge in [0, 0.05) is 30.9 Å². The molecule has 2 N–H and O–H groups in total. The third-order valence-electron chi connectivity index (χ3n) is 4.63. The van der Waals surface area contributed by atoms with E-state index < -0.39 is 10.0 Å². The standard InChI is InChI=1S/C20H22N4O4S2/c1-30(26,27)23-16-5-3-15(4-6-16)19(25)22-20-21-17-7-2-14(12-18(17)29-20)13-24-8-10-28-11-9-24/h2-7,12,23H,8-11,13H2,1H3,(H,21,22,25). The monoisotopic (exact) mass is 446 g/mol. The summed E-state index contributed by atoms with van der Waals surface area (Å²) < 4.78 is 31.3. The highest BCUT2D eigenvalue weighted by Crippen LogP contribution is 2.28. The Hall–Kier alpha value is -2.53. The van der Waals surface area contributed by atoms with Gasteiger partial charge in [-0.1, -0.05) is 17.4 Å². The predicted octanol–water partition coefficient (Wildman–Crippen LogP) is 2.75. The van der Waals surface area contributed by atoms with Crippen LogP contribution in [0.2, 0.25) is 0 Å². The molecule has 0 saturated carbocycles. The molecule has 1 saturated heterocycles. The van der Waals surface area contributed by atoms with Crippen LogP contribution >= 0.6 is 11.3 Å². The molecule has 30 heavy (non-hydrogen) atoms. The number of nitrogens with one attached hydrogen (secondary N) is 2. The molecule has 1 aromatic heterocycles. The minimum Gasteiger partial charge on any atom is -0.379 e. The molecule has 10 heteroatoms. The van der Waals surface area contributed by atoms with Crippen molar-refractivity contribution in [1.82, 2.24) is 9.88 Å². The lowest BCUT2D eigenvalue weighted by atomic mass is 10.2. The number of anilines is 2. The maximum absolute atomic E-state index is 12.5. The third kappa shape index (κ3) is 5.33. The molecule has 3 aromatic rings. The lowest BCUT2D eigenvalue weighted by Crippen LogP contribution is -2.35. The van der Waals surface area contributed by atoms with Crippen molar-refractivity contribution in [2.24, 2.45) is 0 Å². The van der Waals surface area contributed by atoms with Gasteiger partial charge in [0.2, 0.25) is 10.0 Å². The van der Waals surface area contributed by atoms with Crippen LogP contribution in [0.15, 0.2) is 42.5 Å². The van der Waals surface area contributed by atoms with Crippen molar-refractivity contribution in [2.75, 3.05) is 42.6 Å². The first-order valence-electron chi connectivity index (χ1n) is 9.44. The van der Waals surface area contributed by atoms with E-state index in [1.54, 1.807) is 24.3 Å². The Labute approximate surface area is 178 Å². The number of hydrogen-bond donors (Lipinski definition) is 2. The molecule has 1 aliphatic heterocycles. The maximum atomic E-state index is 12.5. The Bertz CT molecular complexity index is 1150. The SMILES string of the molecule is CS(=O)(=O)Nc1ccc(C(=O)Nc2nc3ccc(CN4CCOCC4)cc3s2)cc1. The number of aromatic nitrogens is 1. The summed E-state index contributed by atoms with van der Waals surface area (Å²) in [7, 11) is -3.35. The highest BCUT2D eigenvalue weighted by Gasteiger charge is 2.13. The van der Waals surface area contributed by atoms with Gasteiger partial charge >= 0.3 is 0 Å². The van der Waals surface area contributed by atoms with E-state index in [0.717, 1.165) is 49.3 Å². The minimum absolute atomic E-state index is 0.298. The highest BCUT2D eigenvalue weighted by molar-refractivity contribution is 7.92. The van der Waals surface area contributed by atoms with Gasteiger partial charge in [0.05, 0.1) is 29.7 Å². The number of sulfonamides is 1. The summed E-state index contributed by atoms with van der Waals surface area (Å²) in [6.45, 7) is 4.27. The second-order valence-electron chi connectivity index (χ2n) is 7.12. The van der Waals surface area contributed by atoms with Gasteiger partial charge in [0.25, 0.3) is 5.91 Å². The first-order chi connectivity index (χ1) is 14.4. The van der Waals surface area contributed by atoms with Crippen molar-refractivity contribution in [3.8, 4) is 0 Å². The summed E-state index contributed by atoms with van der Waals surface area (Å²) >= 11 is 1.43. The Kier molecular flexibility index (Phi) is 6.00. The Balaban J connectivity index is 1.43. The van der Waals surface area contributed by atoms with E-state index in [0.29, 0.717) is 16.4 Å². The van der Waals surface area contributed by atoms with Crippen LogP contribution in [0.25, 0.3) is 10.2 Å². The minimum atomic E-state index is -3.35. The summed E-state index contributed by atoms with van der Waals surface area (Å²) in [5.74, 6) is -0.298. The Morgan fingerprint density at radius 3 is 2.60 bits per heavy atom. The van der Waals surface area contributed by atoms with Crippen LogP contribution in [0.3, 0.4) is 0 Å². The number of carbonyl (C=O) groups is 1. The summed E-state index contributed by atoms with van der Waals surface area (Å²) in [6, 6.07) is 12.4. The molecule has 0 spiro atoms. The van der Waals surface area contributed by atoms with Gasteiger partial charge in [-0.05, 0) is 42.0 Å². The fourth-order valence-electron chi connectivity index (χ4n) is 3.21. The second kappa shape index (κ2) is 8.68. The van der Waals surface area contributed by atoms with E-state index in [4.69, 9.17) is 4.74 Å². The number of morpholine rings is 1. The molecule has 2 heterocycles. The lowest BCUT2D eigenvalue weighted by molar-refractivity contribution is 0.0342. The molecule has 0 atom stereocenters. The molecule has 8 nitrogen and oxygen atoms in total. The van der Waals surface area contributed by atoms with E-state index in [9.17, 15) is 13.2 Å². The van der Waals surface area contributed by atoms with E-state index in [2.05, 4.69) is 32.1 Å². The zero-order valence-corrected chi connectivity index (χ0v) is 18.1. The van der Waals surface area contributed by atoms with Crippen molar-refractivity contribution in [3.05, 3.63) is 53.6 Å². The van der Waals surface area contributed by atoms with Gasteiger partial charge in [0.15, 0.2) is 5.13 Å². The van der Waals surface area contributed by atoms with Crippen LogP contribution < -0.4 is 10.0 Å². The Morgan fingerprint density at radius 2 is 1.90 bits per heavy atom. The van der Waals surface area contributed by atoms with E-state index in [1.165, 1.54) is 16.9 Å². The van der Waals surface area contributed by atoms with Gasteiger partial charge in [-0.15, -0.1) is 0 Å². The Morgan fingerprint density at radius 1 is 1.17 bits per heavy atom. The molecule has 0 unspecified atom stereocenters. The first kappa shape index (κ1) is 20.7. The fraction of sp³-hybridized carbons (Fsp3) is 0.300. The lowest BCUT2D eigenvalue weighted by Gasteiger charge is -2.26. The van der Waals surface area contributed by atoms with Crippen LogP contribution in [0.4, 0.5) is 10.8 Å². The number of amides is 1. The average molecular weight is 447 g/mol. The van der Waals surface area contributed by atoms with Crippen LogP contribution in [-0.2, 0) is 21.3 Å². The second-order valence-corrected chi connectivity index (χ2v) is 9.89. The molecule has 0 aliphatic carbocycles. The fourth-order valence-corrected chi connectivity index (χ4v) is 4.70. The molecular weight excluding hydrogens is 424 g/mol. The number of carbonyl (C=O) groups excluding carboxylic acids is 1. The third-order valence-corrected chi connectivity index (χ3v) is 6.17. The van der Waals surface area contributed by atoms with E-state index in [-0.39, 0.29) is 5.91 Å². The van der Waals surface area contributed by atoms with Crippen molar-refractivity contribution in [3.63, 3.8) is 0 Å². The molecule has 0 radical (unpaired) electrons. The summed E-state index contributed by atoms with van der Waals surface area (Å²) in [5.41, 5.74) is 2.87. The van der Waals surface area contributed by atoms with Gasteiger partial charge in [-0.2, -0.15) is 0 Å². The zero-order chi connectivity index (χ0) is 21.1. The number of rotatable bonds is 6. The normalized spacial score (nSPS) is 15.2. The maximum Gasteiger partial charge on any atom is 0.257 e. The largest absolute Gasteiger partial charge is 0.379 e. The van der Waals surface area contributed by atoms with Crippen LogP contribution in [0.1, 0.15) is 15.9 Å². The summed E-state index contributed by atoms with van der Waals surface area (Å²) in [5, 5.41) is 3.34. The van der Waals surface area contributed by atoms with E-state index in [1.807, 2.05) is 6.07 Å². The molecule has 0 bridgehead atoms.